The third-order valence-electron chi connectivity index (χ3n) is 15.9. The number of allylic oxidation sites excluding steroid dienone is 2. The highest BCUT2D eigenvalue weighted by Crippen LogP contribution is 2.37. The first-order chi connectivity index (χ1) is 48.6. The molecule has 31 heteroatoms. The quantitative estimate of drug-likeness (QED) is 0.0116. The Labute approximate surface area is 625 Å². The number of benzene rings is 5. The van der Waals surface area contributed by atoms with Gasteiger partial charge in [0.05, 0.1) is 50.9 Å². The summed E-state index contributed by atoms with van der Waals surface area (Å²) in [6, 6.07) is 34.5. The van der Waals surface area contributed by atoms with Gasteiger partial charge in [0.15, 0.2) is 0 Å². The average molecular weight is 1670 g/mol. The van der Waals surface area contributed by atoms with Crippen molar-refractivity contribution in [2.75, 3.05) is 65.7 Å². The summed E-state index contributed by atoms with van der Waals surface area (Å²) in [5, 5.41) is 3.30. The van der Waals surface area contributed by atoms with E-state index in [4.69, 9.17) is 29.6 Å². The maximum absolute atomic E-state index is 12.6. The second-order valence-corrected chi connectivity index (χ2v) is 34.6. The number of sulfonamides is 4. The van der Waals surface area contributed by atoms with E-state index >= 15 is 0 Å². The summed E-state index contributed by atoms with van der Waals surface area (Å²) >= 11 is 6.26. The van der Waals surface area contributed by atoms with E-state index in [0.29, 0.717) is 81.7 Å². The predicted molar refractivity (Wildman–Crippen MR) is 402 cm³/mol. The van der Waals surface area contributed by atoms with Crippen LogP contribution in [0.1, 0.15) is 178 Å². The Morgan fingerprint density at radius 3 is 1.12 bits per heavy atom. The number of carbonyl (C=O) groups excluding carboxylic acids is 4. The van der Waals surface area contributed by atoms with Crippen molar-refractivity contribution in [3.8, 4) is 0 Å². The van der Waals surface area contributed by atoms with E-state index < -0.39 is 49.1 Å². The molecule has 3 aliphatic rings. The van der Waals surface area contributed by atoms with Crippen LogP contribution in [0, 0.1) is 0 Å². The smallest absolute Gasteiger partial charge is 0.305 e. The van der Waals surface area contributed by atoms with Gasteiger partial charge in [0.1, 0.15) is 0 Å². The summed E-state index contributed by atoms with van der Waals surface area (Å²) < 4.78 is 152. The highest BCUT2D eigenvalue weighted by molar-refractivity contribution is 9.10. The molecule has 0 atom stereocenters. The van der Waals surface area contributed by atoms with E-state index in [9.17, 15) is 61.3 Å². The van der Waals surface area contributed by atoms with Gasteiger partial charge in [-0.25, -0.2) is 61.0 Å². The van der Waals surface area contributed by atoms with Crippen LogP contribution in [0.2, 0.25) is 0 Å². The topological polar surface area (TPSA) is 336 Å². The summed E-state index contributed by atoms with van der Waals surface area (Å²) in [7, 11) is -12.8. The molecule has 0 amide bonds. The fourth-order valence-electron chi connectivity index (χ4n) is 11.0. The number of halogens is 3. The molecular weight excluding hydrogens is 1570 g/mol. The zero-order valence-corrected chi connectivity index (χ0v) is 66.3. The monoisotopic (exact) mass is 1660 g/mol. The maximum atomic E-state index is 12.6. The number of hydrogen-bond acceptors (Lipinski definition) is 19. The molecule has 8 rings (SSSR count). The molecule has 0 spiro atoms. The lowest BCUT2D eigenvalue weighted by atomic mass is 9.84. The molecule has 0 bridgehead atoms. The molecule has 566 valence electrons. The van der Waals surface area contributed by atoms with E-state index in [1.807, 2.05) is 36.4 Å². The second kappa shape index (κ2) is 47.2. The molecule has 1 saturated heterocycles. The minimum absolute atomic E-state index is 0.0988. The first-order valence-corrected chi connectivity index (χ1v) is 44.2. The molecule has 0 unspecified atom stereocenters. The van der Waals surface area contributed by atoms with Crippen LogP contribution in [0.25, 0.3) is 5.57 Å². The van der Waals surface area contributed by atoms with Crippen LogP contribution in [0.5, 0.6) is 0 Å². The van der Waals surface area contributed by atoms with Gasteiger partial charge >= 0.3 is 23.9 Å². The van der Waals surface area contributed by atoms with Gasteiger partial charge in [-0.1, -0.05) is 104 Å². The van der Waals surface area contributed by atoms with Crippen LogP contribution in [-0.2, 0) is 87.3 Å². The molecular formula is C71H98Br2ClN5O18S5. The van der Waals surface area contributed by atoms with Gasteiger partial charge in [0.2, 0.25) is 40.1 Å². The molecule has 23 nitrogen and oxygen atoms in total. The van der Waals surface area contributed by atoms with Gasteiger partial charge in [-0.15, -0.1) is 0 Å². The SMILES string of the molecule is CCOC(=O)CCCNS(=O)(=O)c1ccccc1Br.CCOC(=O)CCCNS(=O)(=O)c1ccccc1C1=CCCCC1.CCOC(=O)CCCNS(=O)(=O)c1ccccc1C1CCCCC1.CCOC(=O)CCCNS(=O)(=O)c1ccccc1C1CCNCC1.O=S(=O)(Cl)c1ccccc1Br. The Morgan fingerprint density at radius 1 is 0.422 bits per heavy atom. The third kappa shape index (κ3) is 32.5. The fourth-order valence-corrected chi connectivity index (χ4v) is 19.3. The zero-order valence-electron chi connectivity index (χ0n) is 58.3. The first-order valence-electron chi connectivity index (χ1n) is 34.3. The normalized spacial score (nSPS) is 14.4. The highest BCUT2D eigenvalue weighted by atomic mass is 79.9. The minimum atomic E-state index is -3.61. The standard InChI is InChI=1S/C18H27NO4S.C18H25NO4S.C17H26N2O4S.C12H16BrNO4S.C6H4BrClO2S/c2*1-2-23-18(20)13-8-14-19-24(21,22)17-12-7-6-11-16(17)15-9-4-3-5-10-15;1-2-23-17(20)8-5-11-19-24(21,22)16-7-4-3-6-15(16)14-9-12-18-13-10-14;1-2-18-12(15)8-5-9-14-19(16,17)11-7-4-3-6-10(11)13;7-5-3-1-2-4-6(5)11(8,9)10/h6-7,11-12,15,19H,2-5,8-10,13-14H2,1H3;6-7,9,11-12,19H,2-5,8,10,13-14H2,1H3;3-4,6-7,14,18-19H,2,5,8-13H2,1H3;3-4,6-7,14H,2,5,8-9H2,1H3;1-4H. The Bertz CT molecular complexity index is 3950. The number of ether oxygens (including phenoxy) is 4. The summed E-state index contributed by atoms with van der Waals surface area (Å²) in [5.74, 6) is -0.622. The van der Waals surface area contributed by atoms with E-state index in [0.717, 1.165) is 99.6 Å². The molecule has 1 heterocycles. The van der Waals surface area contributed by atoms with Crippen molar-refractivity contribution in [1.82, 2.24) is 24.2 Å². The van der Waals surface area contributed by atoms with Crippen molar-refractivity contribution in [2.24, 2.45) is 0 Å². The molecule has 102 heavy (non-hydrogen) atoms. The number of esters is 4. The summed E-state index contributed by atoms with van der Waals surface area (Å²) in [6.07, 6.45) is 16.4. The van der Waals surface area contributed by atoms with E-state index in [1.54, 1.807) is 100 Å². The Hall–Kier alpha value is -5.48. The molecule has 0 aromatic heterocycles. The lowest BCUT2D eigenvalue weighted by Crippen LogP contribution is -2.30. The molecule has 5 aromatic rings. The average Bonchev–Trinajstić information content (AvgIpc) is 0.754. The molecule has 2 aliphatic carbocycles. The van der Waals surface area contributed by atoms with Crippen LogP contribution in [0.4, 0.5) is 0 Å². The number of nitrogens with one attached hydrogen (secondary N) is 5. The van der Waals surface area contributed by atoms with E-state index in [2.05, 4.69) is 62.1 Å². The van der Waals surface area contributed by atoms with E-state index in [1.165, 1.54) is 18.6 Å². The maximum Gasteiger partial charge on any atom is 0.305 e. The van der Waals surface area contributed by atoms with Crippen LogP contribution in [0.15, 0.2) is 161 Å². The number of hydrogen-bond donors (Lipinski definition) is 5. The van der Waals surface area contributed by atoms with Gasteiger partial charge in [0, 0.05) is 71.5 Å². The summed E-state index contributed by atoms with van der Waals surface area (Å²) in [4.78, 5) is 46.3. The molecule has 1 saturated carbocycles. The predicted octanol–water partition coefficient (Wildman–Crippen LogP) is 12.8. The van der Waals surface area contributed by atoms with Gasteiger partial charge < -0.3 is 24.3 Å². The van der Waals surface area contributed by atoms with Crippen LogP contribution < -0.4 is 24.2 Å². The van der Waals surface area contributed by atoms with Crippen molar-refractivity contribution in [3.05, 3.63) is 153 Å². The Kier molecular flexibility index (Phi) is 41.1. The van der Waals surface area contributed by atoms with Crippen LogP contribution >= 0.6 is 42.5 Å². The van der Waals surface area contributed by atoms with Crippen molar-refractivity contribution in [3.63, 3.8) is 0 Å². The minimum Gasteiger partial charge on any atom is -0.466 e. The van der Waals surface area contributed by atoms with Gasteiger partial charge in [-0.05, 0) is 226 Å². The van der Waals surface area contributed by atoms with Crippen LogP contribution in [0.3, 0.4) is 0 Å². The zero-order chi connectivity index (χ0) is 75.0. The number of piperidine rings is 1. The summed E-state index contributed by atoms with van der Waals surface area (Å²) in [5.41, 5.74) is 3.70. The van der Waals surface area contributed by atoms with Crippen molar-refractivity contribution in [2.45, 2.75) is 186 Å². The molecule has 5 aromatic carbocycles. The van der Waals surface area contributed by atoms with Crippen molar-refractivity contribution in [1.29, 1.82) is 0 Å². The summed E-state index contributed by atoms with van der Waals surface area (Å²) in [6.45, 7) is 11.0. The van der Waals surface area contributed by atoms with Gasteiger partial charge in [0.25, 0.3) is 9.05 Å². The lowest BCUT2D eigenvalue weighted by Gasteiger charge is -2.25. The van der Waals surface area contributed by atoms with Crippen LogP contribution in [-0.4, -0.2) is 132 Å². The first kappa shape index (κ1) is 88.9. The number of rotatable bonds is 32. The molecule has 1 aliphatic heterocycles. The van der Waals surface area contributed by atoms with E-state index in [-0.39, 0.29) is 91.4 Å². The van der Waals surface area contributed by atoms with Crippen molar-refractivity contribution >= 4 is 121 Å². The highest BCUT2D eigenvalue weighted by Gasteiger charge is 2.27. The molecule has 0 radical (unpaired) electrons. The molecule has 5 N–H and O–H groups in total. The Morgan fingerprint density at radius 2 is 0.755 bits per heavy atom. The Balaban J connectivity index is 0.000000275. The lowest BCUT2D eigenvalue weighted by molar-refractivity contribution is -0.144. The van der Waals surface area contributed by atoms with Crippen molar-refractivity contribution < 1.29 is 80.2 Å². The third-order valence-corrected chi connectivity index (χ3v) is 25.3. The second-order valence-electron chi connectivity index (χ2n) is 23.4. The fraction of sp³-hybridized carbons (Fsp3) is 0.493. The number of carbonyl (C=O) groups is 4. The largest absolute Gasteiger partial charge is 0.466 e. The van der Waals surface area contributed by atoms with Gasteiger partial charge in [-0.2, -0.15) is 0 Å². The van der Waals surface area contributed by atoms with Gasteiger partial charge in [-0.3, -0.25) is 19.2 Å². The molecule has 2 fully saturated rings.